The van der Waals surface area contributed by atoms with Gasteiger partial charge in [-0.05, 0) is 13.0 Å². The number of fused-ring (bicyclic) bond motifs is 1. The van der Waals surface area contributed by atoms with E-state index in [0.29, 0.717) is 16.5 Å². The third kappa shape index (κ3) is 2.41. The molecular weight excluding hydrogens is 232 g/mol. The average Bonchev–Trinajstić information content (AvgIpc) is 2.37. The van der Waals surface area contributed by atoms with E-state index in [1.54, 1.807) is 31.2 Å². The molecule has 5 nitrogen and oxygen atoms in total. The van der Waals surface area contributed by atoms with Crippen molar-refractivity contribution >= 4 is 16.8 Å². The molecule has 1 aromatic carbocycles. The van der Waals surface area contributed by atoms with Crippen LogP contribution in [0.25, 0.3) is 10.9 Å². The Labute approximate surface area is 103 Å². The fourth-order valence-corrected chi connectivity index (χ4v) is 1.74. The van der Waals surface area contributed by atoms with Gasteiger partial charge in [0.25, 0.3) is 5.91 Å². The van der Waals surface area contributed by atoms with Gasteiger partial charge in [0.2, 0.25) is 5.56 Å². The molecule has 1 heterocycles. The molecule has 0 aliphatic carbocycles. The van der Waals surface area contributed by atoms with Crippen LogP contribution < -0.4 is 10.9 Å². The van der Waals surface area contributed by atoms with E-state index in [2.05, 4.69) is 10.3 Å². The predicted molar refractivity (Wildman–Crippen MR) is 68.6 cm³/mol. The van der Waals surface area contributed by atoms with Gasteiger partial charge in [-0.25, -0.2) is 0 Å². The number of benzene rings is 1. The van der Waals surface area contributed by atoms with Crippen molar-refractivity contribution in [1.82, 2.24) is 10.3 Å². The van der Waals surface area contributed by atoms with E-state index in [4.69, 9.17) is 5.11 Å². The number of amides is 1. The van der Waals surface area contributed by atoms with Crippen molar-refractivity contribution in [2.24, 2.45) is 0 Å². The van der Waals surface area contributed by atoms with E-state index in [0.717, 1.165) is 0 Å². The number of hydrogen-bond donors (Lipinski definition) is 3. The molecule has 0 bridgehead atoms. The summed E-state index contributed by atoms with van der Waals surface area (Å²) in [6.45, 7) is 1.54. The van der Waals surface area contributed by atoms with E-state index in [1.807, 2.05) is 0 Å². The number of pyridine rings is 1. The van der Waals surface area contributed by atoms with Crippen LogP contribution in [0.4, 0.5) is 0 Å². The highest BCUT2D eigenvalue weighted by molar-refractivity contribution is 6.06. The smallest absolute Gasteiger partial charge is 0.252 e. The number of nitrogens with one attached hydrogen (secondary N) is 2. The number of H-pyrrole nitrogens is 1. The van der Waals surface area contributed by atoms with E-state index < -0.39 is 0 Å². The SMILES string of the molecule is C[C@@H](CO)NC(=O)c1cc(=O)[nH]c2ccccc12. The van der Waals surface area contributed by atoms with Crippen molar-refractivity contribution in [3.8, 4) is 0 Å². The summed E-state index contributed by atoms with van der Waals surface area (Å²) in [4.78, 5) is 26.2. The average molecular weight is 246 g/mol. The minimum absolute atomic E-state index is 0.146. The minimum Gasteiger partial charge on any atom is -0.394 e. The van der Waals surface area contributed by atoms with E-state index in [9.17, 15) is 9.59 Å². The minimum atomic E-state index is -0.362. The Balaban J connectivity index is 2.50. The zero-order valence-electron chi connectivity index (χ0n) is 9.93. The van der Waals surface area contributed by atoms with Gasteiger partial charge in [-0.1, -0.05) is 18.2 Å². The zero-order chi connectivity index (χ0) is 13.1. The van der Waals surface area contributed by atoms with Crippen LogP contribution in [-0.4, -0.2) is 28.6 Å². The number of aromatic amines is 1. The second-order valence-corrected chi connectivity index (χ2v) is 4.15. The Bertz CT molecular complexity index is 633. The molecule has 1 aromatic heterocycles. The van der Waals surface area contributed by atoms with Gasteiger partial charge in [0.05, 0.1) is 12.2 Å². The van der Waals surface area contributed by atoms with E-state index >= 15 is 0 Å². The molecule has 3 N–H and O–H groups in total. The second kappa shape index (κ2) is 5.01. The van der Waals surface area contributed by atoms with Crippen LogP contribution in [0.5, 0.6) is 0 Å². The molecular formula is C13H14N2O3. The summed E-state index contributed by atoms with van der Waals surface area (Å²) in [7, 11) is 0. The number of hydrogen-bond acceptors (Lipinski definition) is 3. The first-order valence-electron chi connectivity index (χ1n) is 5.65. The molecule has 1 amide bonds. The van der Waals surface area contributed by atoms with Gasteiger partial charge in [0.1, 0.15) is 0 Å². The molecule has 5 heteroatoms. The van der Waals surface area contributed by atoms with Crippen molar-refractivity contribution in [2.75, 3.05) is 6.61 Å². The fraction of sp³-hybridized carbons (Fsp3) is 0.231. The van der Waals surface area contributed by atoms with Crippen molar-refractivity contribution < 1.29 is 9.90 Å². The Morgan fingerprint density at radius 3 is 2.89 bits per heavy atom. The lowest BCUT2D eigenvalue weighted by atomic mass is 10.1. The Hall–Kier alpha value is -2.14. The molecule has 0 aliphatic heterocycles. The summed E-state index contributed by atoms with van der Waals surface area (Å²) >= 11 is 0. The zero-order valence-corrected chi connectivity index (χ0v) is 9.93. The first-order valence-corrected chi connectivity index (χ1v) is 5.65. The van der Waals surface area contributed by atoms with Crippen molar-refractivity contribution in [3.05, 3.63) is 46.2 Å². The summed E-state index contributed by atoms with van der Waals surface area (Å²) < 4.78 is 0. The standard InChI is InChI=1S/C13H14N2O3/c1-8(7-16)14-13(18)10-6-12(17)15-11-5-3-2-4-9(10)11/h2-6,8,16H,7H2,1H3,(H,14,18)(H,15,17)/t8-/m0/s1. The summed E-state index contributed by atoms with van der Waals surface area (Å²) in [6.07, 6.45) is 0. The number of aromatic nitrogens is 1. The van der Waals surface area contributed by atoms with Crippen LogP contribution in [0.2, 0.25) is 0 Å². The van der Waals surface area contributed by atoms with Gasteiger partial charge in [0.15, 0.2) is 0 Å². The largest absolute Gasteiger partial charge is 0.394 e. The van der Waals surface area contributed by atoms with E-state index in [1.165, 1.54) is 6.07 Å². The summed E-state index contributed by atoms with van der Waals surface area (Å²) in [5, 5.41) is 12.2. The van der Waals surface area contributed by atoms with Crippen LogP contribution in [0, 0.1) is 0 Å². The Kier molecular flexibility index (Phi) is 3.43. The molecule has 0 spiro atoms. The van der Waals surface area contributed by atoms with Gasteiger partial charge in [-0.3, -0.25) is 9.59 Å². The summed E-state index contributed by atoms with van der Waals surface area (Å²) in [6, 6.07) is 8.01. The lowest BCUT2D eigenvalue weighted by molar-refractivity contribution is 0.0924. The van der Waals surface area contributed by atoms with Gasteiger partial charge < -0.3 is 15.4 Å². The number of para-hydroxylation sites is 1. The molecule has 2 rings (SSSR count). The van der Waals surface area contributed by atoms with Crippen LogP contribution >= 0.6 is 0 Å². The number of carbonyl (C=O) groups excluding carboxylic acids is 1. The maximum absolute atomic E-state index is 12.0. The Morgan fingerprint density at radius 2 is 2.17 bits per heavy atom. The molecule has 0 saturated carbocycles. The molecule has 0 fully saturated rings. The van der Waals surface area contributed by atoms with Gasteiger partial charge in [-0.2, -0.15) is 0 Å². The molecule has 94 valence electrons. The second-order valence-electron chi connectivity index (χ2n) is 4.15. The predicted octanol–water partition coefficient (Wildman–Crippen LogP) is 0.639. The van der Waals surface area contributed by atoms with Crippen LogP contribution in [0.3, 0.4) is 0 Å². The third-order valence-electron chi connectivity index (χ3n) is 2.65. The highest BCUT2D eigenvalue weighted by Crippen LogP contribution is 2.14. The Morgan fingerprint density at radius 1 is 1.44 bits per heavy atom. The lowest BCUT2D eigenvalue weighted by Gasteiger charge is -2.11. The molecule has 1 atom stereocenters. The lowest BCUT2D eigenvalue weighted by Crippen LogP contribution is -2.35. The van der Waals surface area contributed by atoms with Gasteiger partial charge >= 0.3 is 0 Å². The first-order chi connectivity index (χ1) is 8.61. The van der Waals surface area contributed by atoms with Crippen molar-refractivity contribution in [2.45, 2.75) is 13.0 Å². The molecule has 2 aromatic rings. The van der Waals surface area contributed by atoms with Crippen LogP contribution in [0.15, 0.2) is 35.1 Å². The third-order valence-corrected chi connectivity index (χ3v) is 2.65. The van der Waals surface area contributed by atoms with E-state index in [-0.39, 0.29) is 24.1 Å². The molecule has 18 heavy (non-hydrogen) atoms. The number of aliphatic hydroxyl groups is 1. The number of rotatable bonds is 3. The fourth-order valence-electron chi connectivity index (χ4n) is 1.74. The first kappa shape index (κ1) is 12.3. The van der Waals surface area contributed by atoms with Crippen molar-refractivity contribution in [3.63, 3.8) is 0 Å². The van der Waals surface area contributed by atoms with Gasteiger partial charge in [0, 0.05) is 23.0 Å². The van der Waals surface area contributed by atoms with Crippen molar-refractivity contribution in [1.29, 1.82) is 0 Å². The normalized spacial score (nSPS) is 12.3. The molecule has 0 radical (unpaired) electrons. The number of aliphatic hydroxyl groups excluding tert-OH is 1. The number of carbonyl (C=O) groups is 1. The molecule has 0 unspecified atom stereocenters. The monoisotopic (exact) mass is 246 g/mol. The topological polar surface area (TPSA) is 82.2 Å². The highest BCUT2D eigenvalue weighted by Gasteiger charge is 2.13. The quantitative estimate of drug-likeness (QED) is 0.743. The van der Waals surface area contributed by atoms with Gasteiger partial charge in [-0.15, -0.1) is 0 Å². The molecule has 0 saturated heterocycles. The summed E-state index contributed by atoms with van der Waals surface area (Å²) in [5.74, 6) is -0.362. The highest BCUT2D eigenvalue weighted by atomic mass is 16.3. The maximum Gasteiger partial charge on any atom is 0.252 e. The summed E-state index contributed by atoms with van der Waals surface area (Å²) in [5.41, 5.74) is 0.608. The molecule has 0 aliphatic rings. The maximum atomic E-state index is 12.0. The van der Waals surface area contributed by atoms with Crippen LogP contribution in [-0.2, 0) is 0 Å². The van der Waals surface area contributed by atoms with Crippen LogP contribution in [0.1, 0.15) is 17.3 Å².